The highest BCUT2D eigenvalue weighted by molar-refractivity contribution is 7.91. The zero-order chi connectivity index (χ0) is 20.9. The molecule has 0 aliphatic carbocycles. The van der Waals surface area contributed by atoms with Gasteiger partial charge in [-0.25, -0.2) is 8.42 Å². The number of nitrogens with one attached hydrogen (secondary N) is 2. The van der Waals surface area contributed by atoms with Gasteiger partial charge in [0, 0.05) is 17.5 Å². The Labute approximate surface area is 170 Å². The molecular weight excluding hydrogens is 396 g/mol. The first kappa shape index (κ1) is 22.1. The number of sulfone groups is 1. The topological polar surface area (TPSA) is 92.3 Å². The van der Waals surface area contributed by atoms with E-state index in [9.17, 15) is 18.0 Å². The number of aryl methyl sites for hydroxylation is 2. The number of rotatable bonds is 7. The van der Waals surface area contributed by atoms with Crippen molar-refractivity contribution < 1.29 is 18.0 Å². The Morgan fingerprint density at radius 2 is 1.82 bits per heavy atom. The predicted molar refractivity (Wildman–Crippen MR) is 111 cm³/mol. The lowest BCUT2D eigenvalue weighted by Crippen LogP contribution is -2.45. The highest BCUT2D eigenvalue weighted by atomic mass is 32.2. The first-order valence-electron chi connectivity index (χ1n) is 9.10. The lowest BCUT2D eigenvalue weighted by atomic mass is 10.1. The van der Waals surface area contributed by atoms with Crippen LogP contribution in [0.3, 0.4) is 0 Å². The van der Waals surface area contributed by atoms with E-state index in [0.717, 1.165) is 11.1 Å². The number of hydrogen-bond acceptors (Lipinski definition) is 5. The molecule has 2 amide bonds. The summed E-state index contributed by atoms with van der Waals surface area (Å²) in [6, 6.07) is 8.34. The summed E-state index contributed by atoms with van der Waals surface area (Å²) in [4.78, 5) is 24.9. The lowest BCUT2D eigenvalue weighted by Gasteiger charge is -2.18. The van der Waals surface area contributed by atoms with Crippen LogP contribution in [0.15, 0.2) is 40.6 Å². The molecule has 2 aromatic rings. The van der Waals surface area contributed by atoms with Gasteiger partial charge >= 0.3 is 11.8 Å². The van der Waals surface area contributed by atoms with E-state index in [4.69, 9.17) is 0 Å². The highest BCUT2D eigenvalue weighted by Gasteiger charge is 2.31. The standard InChI is InChI=1S/C20H26N2O4S2/c1-5-15(4)22-20(24)19(23)21-12-18(17-7-6-10-27-17)28(25,26)16-9-8-13(2)14(3)11-16/h6-11,15,18H,5,12H2,1-4H3,(H,21,23)(H,22,24)/t15-,18+/m1/s1. The van der Waals surface area contributed by atoms with Crippen molar-refractivity contribution in [2.24, 2.45) is 0 Å². The molecular formula is C20H26N2O4S2. The Kier molecular flexibility index (Phi) is 7.37. The highest BCUT2D eigenvalue weighted by Crippen LogP contribution is 2.32. The summed E-state index contributed by atoms with van der Waals surface area (Å²) in [5.41, 5.74) is 1.88. The average Bonchev–Trinajstić information content (AvgIpc) is 3.17. The largest absolute Gasteiger partial charge is 0.346 e. The minimum Gasteiger partial charge on any atom is -0.346 e. The SMILES string of the molecule is CC[C@@H](C)NC(=O)C(=O)NC[C@@H](c1cccs1)S(=O)(=O)c1ccc(C)c(C)c1. The number of amides is 2. The van der Waals surface area contributed by atoms with Crippen LogP contribution < -0.4 is 10.6 Å². The summed E-state index contributed by atoms with van der Waals surface area (Å²) >= 11 is 1.30. The van der Waals surface area contributed by atoms with E-state index in [1.165, 1.54) is 11.3 Å². The van der Waals surface area contributed by atoms with E-state index in [1.807, 2.05) is 20.8 Å². The molecule has 0 saturated heterocycles. The molecule has 2 atom stereocenters. The van der Waals surface area contributed by atoms with E-state index >= 15 is 0 Å². The molecule has 1 aromatic carbocycles. The van der Waals surface area contributed by atoms with Gasteiger partial charge in [-0.2, -0.15) is 0 Å². The summed E-state index contributed by atoms with van der Waals surface area (Å²) in [6.07, 6.45) is 0.692. The van der Waals surface area contributed by atoms with E-state index in [1.54, 1.807) is 42.6 Å². The zero-order valence-corrected chi connectivity index (χ0v) is 18.1. The van der Waals surface area contributed by atoms with Crippen molar-refractivity contribution in [2.45, 2.75) is 50.3 Å². The molecule has 0 unspecified atom stereocenters. The molecule has 0 bridgehead atoms. The van der Waals surface area contributed by atoms with Crippen molar-refractivity contribution in [2.75, 3.05) is 6.54 Å². The average molecular weight is 423 g/mol. The van der Waals surface area contributed by atoms with Crippen LogP contribution in [0, 0.1) is 13.8 Å². The van der Waals surface area contributed by atoms with Gasteiger partial charge in [-0.3, -0.25) is 9.59 Å². The second kappa shape index (κ2) is 9.34. The Balaban J connectivity index is 2.25. The third-order valence-corrected chi connectivity index (χ3v) is 7.90. The quantitative estimate of drug-likeness (QED) is 0.671. The van der Waals surface area contributed by atoms with Crippen LogP contribution in [-0.4, -0.2) is 32.8 Å². The molecule has 1 heterocycles. The predicted octanol–water partition coefficient (Wildman–Crippen LogP) is 2.91. The first-order chi connectivity index (χ1) is 13.2. The van der Waals surface area contributed by atoms with E-state index < -0.39 is 26.9 Å². The molecule has 1 aromatic heterocycles. The smallest absolute Gasteiger partial charge is 0.309 e. The van der Waals surface area contributed by atoms with Crippen molar-refractivity contribution in [3.8, 4) is 0 Å². The molecule has 152 valence electrons. The summed E-state index contributed by atoms with van der Waals surface area (Å²) in [5, 5.41) is 5.88. The second-order valence-corrected chi connectivity index (χ2v) is 9.90. The van der Waals surface area contributed by atoms with Crippen molar-refractivity contribution >= 4 is 33.0 Å². The number of benzene rings is 1. The van der Waals surface area contributed by atoms with Crippen molar-refractivity contribution in [3.63, 3.8) is 0 Å². The zero-order valence-electron chi connectivity index (χ0n) is 16.5. The maximum Gasteiger partial charge on any atom is 0.309 e. The number of carbonyl (C=O) groups excluding carboxylic acids is 2. The van der Waals surface area contributed by atoms with Gasteiger partial charge in [0.15, 0.2) is 9.84 Å². The van der Waals surface area contributed by atoms with Crippen LogP contribution >= 0.6 is 11.3 Å². The molecule has 0 aliphatic rings. The molecule has 0 radical (unpaired) electrons. The fourth-order valence-electron chi connectivity index (χ4n) is 2.55. The van der Waals surface area contributed by atoms with Crippen LogP contribution in [0.4, 0.5) is 0 Å². The number of thiophene rings is 1. The fraction of sp³-hybridized carbons (Fsp3) is 0.400. The molecule has 2 N–H and O–H groups in total. The summed E-state index contributed by atoms with van der Waals surface area (Å²) in [6.45, 7) is 7.28. The van der Waals surface area contributed by atoms with Crippen molar-refractivity contribution in [1.82, 2.24) is 10.6 Å². The Morgan fingerprint density at radius 3 is 2.39 bits per heavy atom. The fourth-order valence-corrected chi connectivity index (χ4v) is 5.42. The van der Waals surface area contributed by atoms with Gasteiger partial charge in [-0.15, -0.1) is 11.3 Å². The van der Waals surface area contributed by atoms with E-state index in [0.29, 0.717) is 11.3 Å². The van der Waals surface area contributed by atoms with Crippen LogP contribution in [-0.2, 0) is 19.4 Å². The number of hydrogen-bond donors (Lipinski definition) is 2. The minimum absolute atomic E-state index is 0.134. The number of carbonyl (C=O) groups is 2. The molecule has 0 spiro atoms. The minimum atomic E-state index is -3.75. The third-order valence-electron chi connectivity index (χ3n) is 4.69. The monoisotopic (exact) mass is 422 g/mol. The van der Waals surface area contributed by atoms with Crippen LogP contribution in [0.25, 0.3) is 0 Å². The van der Waals surface area contributed by atoms with Gasteiger partial charge < -0.3 is 10.6 Å². The maximum atomic E-state index is 13.3. The molecule has 2 rings (SSSR count). The Hall–Kier alpha value is -2.19. The van der Waals surface area contributed by atoms with Gasteiger partial charge in [-0.05, 0) is 61.9 Å². The van der Waals surface area contributed by atoms with Gasteiger partial charge in [0.2, 0.25) is 0 Å². The molecule has 0 fully saturated rings. The molecule has 8 heteroatoms. The van der Waals surface area contributed by atoms with Crippen molar-refractivity contribution in [1.29, 1.82) is 0 Å². The van der Waals surface area contributed by atoms with Gasteiger partial charge in [0.25, 0.3) is 0 Å². The van der Waals surface area contributed by atoms with Crippen LogP contribution in [0.2, 0.25) is 0 Å². The molecule has 28 heavy (non-hydrogen) atoms. The molecule has 0 aliphatic heterocycles. The summed E-state index contributed by atoms with van der Waals surface area (Å²) in [5.74, 6) is -1.60. The summed E-state index contributed by atoms with van der Waals surface area (Å²) < 4.78 is 26.5. The summed E-state index contributed by atoms with van der Waals surface area (Å²) in [7, 11) is -3.75. The lowest BCUT2D eigenvalue weighted by molar-refractivity contribution is -0.139. The van der Waals surface area contributed by atoms with Gasteiger partial charge in [0.05, 0.1) is 4.90 Å². The van der Waals surface area contributed by atoms with Crippen molar-refractivity contribution in [3.05, 3.63) is 51.7 Å². The van der Waals surface area contributed by atoms with Gasteiger partial charge in [0.1, 0.15) is 5.25 Å². The van der Waals surface area contributed by atoms with Crippen LogP contribution in [0.5, 0.6) is 0 Å². The van der Waals surface area contributed by atoms with Gasteiger partial charge in [-0.1, -0.05) is 19.1 Å². The first-order valence-corrected chi connectivity index (χ1v) is 11.5. The maximum absolute atomic E-state index is 13.3. The Bertz CT molecular complexity index is 937. The van der Waals surface area contributed by atoms with E-state index in [2.05, 4.69) is 10.6 Å². The third kappa shape index (κ3) is 5.20. The molecule has 0 saturated carbocycles. The second-order valence-electron chi connectivity index (χ2n) is 6.79. The van der Waals surface area contributed by atoms with E-state index in [-0.39, 0.29) is 17.5 Å². The van der Waals surface area contributed by atoms with Crippen LogP contribution in [0.1, 0.15) is 41.5 Å². The Morgan fingerprint density at radius 1 is 1.11 bits per heavy atom. The molecule has 6 nitrogen and oxygen atoms in total. The normalized spacial score (nSPS) is 13.6.